The first-order valence-electron chi connectivity index (χ1n) is 18.4. The molecule has 6 nitrogen and oxygen atoms in total. The number of esters is 2. The lowest BCUT2D eigenvalue weighted by atomic mass is 10.0. The summed E-state index contributed by atoms with van der Waals surface area (Å²) in [4.78, 5) is 29.8. The quantitative estimate of drug-likeness (QED) is 0.0719. The van der Waals surface area contributed by atoms with Crippen molar-refractivity contribution in [3.63, 3.8) is 0 Å². The third-order valence-corrected chi connectivity index (χ3v) is 8.62. The smallest absolute Gasteiger partial charge is 0.307 e. The van der Waals surface area contributed by atoms with Gasteiger partial charge in [-0.05, 0) is 74.1 Å². The van der Waals surface area contributed by atoms with E-state index in [-0.39, 0.29) is 11.9 Å². The van der Waals surface area contributed by atoms with Crippen molar-refractivity contribution in [2.75, 3.05) is 39.3 Å². The number of carbonyl (C=O) groups excluding carboxylic acids is 2. The number of carbonyl (C=O) groups is 2. The van der Waals surface area contributed by atoms with Crippen LogP contribution in [0.15, 0.2) is 48.5 Å². The molecule has 0 N–H and O–H groups in total. The van der Waals surface area contributed by atoms with E-state index in [0.29, 0.717) is 26.1 Å². The summed E-state index contributed by atoms with van der Waals surface area (Å²) in [6.45, 7) is 15.3. The lowest BCUT2D eigenvalue weighted by molar-refractivity contribution is -0.146. The van der Waals surface area contributed by atoms with Crippen molar-refractivity contribution in [1.82, 2.24) is 9.80 Å². The molecule has 0 fully saturated rings. The van der Waals surface area contributed by atoms with E-state index in [4.69, 9.17) is 9.47 Å². The number of nitrogens with zero attached hydrogens (tertiary/aromatic N) is 2. The third-order valence-electron chi connectivity index (χ3n) is 8.62. The topological polar surface area (TPSA) is 59.1 Å². The maximum absolute atomic E-state index is 12.5. The van der Waals surface area contributed by atoms with E-state index in [0.717, 1.165) is 61.5 Å². The summed E-state index contributed by atoms with van der Waals surface area (Å²) >= 11 is 0. The van der Waals surface area contributed by atoms with Crippen LogP contribution in [0.3, 0.4) is 0 Å². The van der Waals surface area contributed by atoms with Crippen LogP contribution in [0.2, 0.25) is 0 Å². The average molecular weight is 637 g/mol. The third kappa shape index (κ3) is 17.9. The molecule has 0 bridgehead atoms. The number of unbranched alkanes of at least 4 members (excludes halogenated alkanes) is 8. The molecule has 258 valence electrons. The zero-order valence-electron chi connectivity index (χ0n) is 29.7. The minimum atomic E-state index is -0.133. The molecule has 0 aromatic heterocycles. The molecule has 0 spiro atoms. The lowest BCUT2D eigenvalue weighted by Gasteiger charge is -2.21. The van der Waals surface area contributed by atoms with Crippen molar-refractivity contribution < 1.29 is 19.1 Å². The molecule has 0 unspecified atom stereocenters. The van der Waals surface area contributed by atoms with Crippen LogP contribution < -0.4 is 0 Å². The molecule has 0 saturated carbocycles. The van der Waals surface area contributed by atoms with Gasteiger partial charge in [-0.15, -0.1) is 0 Å². The lowest BCUT2D eigenvalue weighted by Crippen LogP contribution is -2.29. The van der Waals surface area contributed by atoms with Crippen molar-refractivity contribution in [1.29, 1.82) is 0 Å². The second kappa shape index (κ2) is 25.4. The number of hydrogen-bond donors (Lipinski definition) is 0. The minimum Gasteiger partial charge on any atom is -0.461 e. The Hall–Kier alpha value is -2.70. The highest BCUT2D eigenvalue weighted by Gasteiger charge is 2.11. The number of hydrogen-bond acceptors (Lipinski definition) is 6. The van der Waals surface area contributed by atoms with Crippen molar-refractivity contribution in [3.05, 3.63) is 59.7 Å². The molecule has 46 heavy (non-hydrogen) atoms. The molecule has 0 aliphatic carbocycles. The molecule has 6 heteroatoms. The van der Waals surface area contributed by atoms with Gasteiger partial charge >= 0.3 is 11.9 Å². The molecule has 0 atom stereocenters. The van der Waals surface area contributed by atoms with Crippen molar-refractivity contribution in [2.45, 2.75) is 131 Å². The van der Waals surface area contributed by atoms with Gasteiger partial charge in [-0.25, -0.2) is 0 Å². The Labute approximate surface area is 281 Å². The van der Waals surface area contributed by atoms with Crippen molar-refractivity contribution in [2.24, 2.45) is 0 Å². The van der Waals surface area contributed by atoms with Gasteiger partial charge in [0.25, 0.3) is 0 Å². The zero-order chi connectivity index (χ0) is 33.2. The summed E-state index contributed by atoms with van der Waals surface area (Å²) in [5.74, 6) is -0.265. The largest absolute Gasteiger partial charge is 0.461 e. The van der Waals surface area contributed by atoms with E-state index >= 15 is 0 Å². The molecule has 0 saturated heterocycles. The molecule has 0 aliphatic heterocycles. The standard InChI is InChI=1S/C40H64N2O4/c1-5-9-13-15-29-41(27-11-7-3)31-25-39(43)45-33-35-17-21-37(22-18-35)38-23-19-36(20-24-38)34-46-40(44)26-32-42(28-12-8-4)30-16-14-10-6-2/h17-24H,5-16,25-34H2,1-4H3. The molecular formula is C40H64N2O4. The fourth-order valence-corrected chi connectivity index (χ4v) is 5.52. The maximum Gasteiger partial charge on any atom is 0.307 e. The first kappa shape index (κ1) is 39.5. The SMILES string of the molecule is CCCCCCN(CCCC)CCC(=O)OCc1ccc(-c2ccc(COC(=O)CCN(CCCC)CCCCCC)cc2)cc1. The van der Waals surface area contributed by atoms with Gasteiger partial charge in [0.05, 0.1) is 12.8 Å². The van der Waals surface area contributed by atoms with Gasteiger partial charge in [-0.3, -0.25) is 9.59 Å². The predicted molar refractivity (Wildman–Crippen MR) is 192 cm³/mol. The van der Waals surface area contributed by atoms with E-state index < -0.39 is 0 Å². The summed E-state index contributed by atoms with van der Waals surface area (Å²) in [5.41, 5.74) is 4.16. The van der Waals surface area contributed by atoms with Crippen LogP contribution in [0.4, 0.5) is 0 Å². The number of benzene rings is 2. The van der Waals surface area contributed by atoms with Crippen LogP contribution >= 0.6 is 0 Å². The van der Waals surface area contributed by atoms with E-state index in [1.165, 1.54) is 77.0 Å². The van der Waals surface area contributed by atoms with Crippen LogP contribution in [0.1, 0.15) is 129 Å². The molecule has 0 heterocycles. The average Bonchev–Trinajstić information content (AvgIpc) is 3.08. The van der Waals surface area contributed by atoms with Gasteiger partial charge in [0.2, 0.25) is 0 Å². The molecule has 0 aliphatic rings. The Morgan fingerprint density at radius 2 is 0.804 bits per heavy atom. The van der Waals surface area contributed by atoms with Crippen LogP contribution in [0.25, 0.3) is 11.1 Å². The molecule has 2 rings (SSSR count). The zero-order valence-corrected chi connectivity index (χ0v) is 29.7. The van der Waals surface area contributed by atoms with Gasteiger partial charge in [-0.1, -0.05) is 128 Å². The summed E-state index contributed by atoms with van der Waals surface area (Å²) in [6, 6.07) is 16.3. The maximum atomic E-state index is 12.5. The first-order valence-corrected chi connectivity index (χ1v) is 18.4. The Bertz CT molecular complexity index is 968. The second-order valence-corrected chi connectivity index (χ2v) is 12.7. The van der Waals surface area contributed by atoms with Gasteiger partial charge in [-0.2, -0.15) is 0 Å². The van der Waals surface area contributed by atoms with Crippen LogP contribution in [0, 0.1) is 0 Å². The van der Waals surface area contributed by atoms with Crippen molar-refractivity contribution in [3.8, 4) is 11.1 Å². The Morgan fingerprint density at radius 1 is 0.457 bits per heavy atom. The number of rotatable bonds is 27. The van der Waals surface area contributed by atoms with Crippen LogP contribution in [0.5, 0.6) is 0 Å². The fraction of sp³-hybridized carbons (Fsp3) is 0.650. The Balaban J connectivity index is 1.73. The molecular weight excluding hydrogens is 572 g/mol. The van der Waals surface area contributed by atoms with Crippen LogP contribution in [-0.2, 0) is 32.3 Å². The summed E-state index contributed by atoms with van der Waals surface area (Å²) < 4.78 is 11.2. The predicted octanol–water partition coefficient (Wildman–Crippen LogP) is 9.59. The van der Waals surface area contributed by atoms with Gasteiger partial charge in [0, 0.05) is 13.1 Å². The van der Waals surface area contributed by atoms with Gasteiger partial charge < -0.3 is 19.3 Å². The molecule has 2 aromatic carbocycles. The highest BCUT2D eigenvalue weighted by atomic mass is 16.5. The van der Waals surface area contributed by atoms with E-state index in [9.17, 15) is 9.59 Å². The Morgan fingerprint density at radius 3 is 1.15 bits per heavy atom. The minimum absolute atomic E-state index is 0.133. The van der Waals surface area contributed by atoms with Gasteiger partial charge in [0.15, 0.2) is 0 Å². The molecule has 2 aromatic rings. The summed E-state index contributed by atoms with van der Waals surface area (Å²) in [7, 11) is 0. The fourth-order valence-electron chi connectivity index (χ4n) is 5.52. The molecule has 0 amide bonds. The highest BCUT2D eigenvalue weighted by molar-refractivity contribution is 5.70. The number of ether oxygens (including phenoxy) is 2. The molecule has 0 radical (unpaired) electrons. The summed E-state index contributed by atoms with van der Waals surface area (Å²) in [6.07, 6.45) is 15.5. The van der Waals surface area contributed by atoms with Crippen molar-refractivity contribution >= 4 is 11.9 Å². The summed E-state index contributed by atoms with van der Waals surface area (Å²) in [5, 5.41) is 0. The second-order valence-electron chi connectivity index (χ2n) is 12.7. The van der Waals surface area contributed by atoms with Crippen LogP contribution in [-0.4, -0.2) is 61.0 Å². The normalized spacial score (nSPS) is 11.3. The van der Waals surface area contributed by atoms with Gasteiger partial charge in [0.1, 0.15) is 13.2 Å². The first-order chi connectivity index (χ1) is 22.5. The Kier molecular flexibility index (Phi) is 21.8. The monoisotopic (exact) mass is 636 g/mol. The van der Waals surface area contributed by atoms with E-state index in [1.807, 2.05) is 24.3 Å². The van der Waals surface area contributed by atoms with E-state index in [1.54, 1.807) is 0 Å². The van der Waals surface area contributed by atoms with E-state index in [2.05, 4.69) is 61.8 Å². The highest BCUT2D eigenvalue weighted by Crippen LogP contribution is 2.21.